The van der Waals surface area contributed by atoms with Crippen molar-refractivity contribution in [3.05, 3.63) is 29.8 Å². The lowest BCUT2D eigenvalue weighted by Gasteiger charge is -2.28. The first-order chi connectivity index (χ1) is 15.4. The Morgan fingerprint density at radius 1 is 1.18 bits per heavy atom. The minimum atomic E-state index is -5.08. The Labute approximate surface area is 191 Å². The van der Waals surface area contributed by atoms with Gasteiger partial charge in [-0.25, -0.2) is 13.2 Å². The highest BCUT2D eigenvalue weighted by Crippen LogP contribution is 2.14. The van der Waals surface area contributed by atoms with Gasteiger partial charge in [0.15, 0.2) is 0 Å². The van der Waals surface area contributed by atoms with Crippen molar-refractivity contribution in [2.45, 2.75) is 25.9 Å². The van der Waals surface area contributed by atoms with Crippen LogP contribution >= 0.6 is 0 Å². The highest BCUT2D eigenvalue weighted by Gasteiger charge is 2.38. The summed E-state index contributed by atoms with van der Waals surface area (Å²) in [5, 5.41) is 10.3. The van der Waals surface area contributed by atoms with Crippen LogP contribution < -0.4 is 10.1 Å². The molecule has 1 aliphatic rings. The Morgan fingerprint density at radius 3 is 2.18 bits per heavy atom. The summed E-state index contributed by atoms with van der Waals surface area (Å²) >= 11 is 0. The van der Waals surface area contributed by atoms with Gasteiger partial charge in [0.25, 0.3) is 0 Å². The number of amides is 1. The second kappa shape index (κ2) is 13.4. The zero-order chi connectivity index (χ0) is 25.1. The van der Waals surface area contributed by atoms with Crippen molar-refractivity contribution < 1.29 is 41.0 Å². The Hall–Kier alpha value is -2.38. The molecule has 0 bridgehead atoms. The van der Waals surface area contributed by atoms with Crippen LogP contribution in [0.5, 0.6) is 5.75 Å². The van der Waals surface area contributed by atoms with Gasteiger partial charge in [0.05, 0.1) is 12.9 Å². The van der Waals surface area contributed by atoms with Crippen LogP contribution in [0.25, 0.3) is 0 Å². The molecule has 0 spiro atoms. The Balaban J connectivity index is 0.000000675. The third kappa shape index (κ3) is 10.4. The maximum atomic E-state index is 12.4. The van der Waals surface area contributed by atoms with Gasteiger partial charge in [-0.05, 0) is 31.0 Å². The number of methoxy groups -OCH3 is 1. The normalized spacial score (nSPS) is 14.7. The van der Waals surface area contributed by atoms with Crippen LogP contribution in [0.1, 0.15) is 18.9 Å². The lowest BCUT2D eigenvalue weighted by Crippen LogP contribution is -2.48. The van der Waals surface area contributed by atoms with E-state index >= 15 is 0 Å². The number of alkyl halides is 3. The molecule has 2 N–H and O–H groups in total. The monoisotopic (exact) mass is 497 g/mol. The van der Waals surface area contributed by atoms with Crippen LogP contribution in [0, 0.1) is 0 Å². The van der Waals surface area contributed by atoms with E-state index in [1.54, 1.807) is 12.0 Å². The number of aliphatic carboxylic acids is 1. The van der Waals surface area contributed by atoms with Gasteiger partial charge in [0.2, 0.25) is 15.9 Å². The maximum absolute atomic E-state index is 12.4. The molecule has 9 nitrogen and oxygen atoms in total. The fourth-order valence-electron chi connectivity index (χ4n) is 2.94. The molecule has 0 saturated carbocycles. The number of halogens is 3. The molecule has 13 heteroatoms. The number of aryl methyl sites for hydroxylation is 1. The predicted molar refractivity (Wildman–Crippen MR) is 115 cm³/mol. The number of benzene rings is 1. The maximum Gasteiger partial charge on any atom is 0.490 e. The molecule has 1 aromatic rings. The summed E-state index contributed by atoms with van der Waals surface area (Å²) < 4.78 is 63.2. The third-order valence-corrected chi connectivity index (χ3v) is 6.70. The summed E-state index contributed by atoms with van der Waals surface area (Å²) in [6.45, 7) is 4.99. The van der Waals surface area contributed by atoms with Gasteiger partial charge in [-0.3, -0.25) is 4.79 Å². The van der Waals surface area contributed by atoms with E-state index < -0.39 is 22.2 Å². The SMILES string of the molecule is CCN(CCS(=O)(=O)N1CCNCC1)C(=O)CCc1ccc(OC)cc1.O=C(O)C(F)(F)F. The highest BCUT2D eigenvalue weighted by molar-refractivity contribution is 7.89. The number of nitrogens with one attached hydrogen (secondary N) is 1. The standard InChI is InChI=1S/C18H29N3O4S.C2HF3O2/c1-3-20(14-15-26(23,24)21-12-10-19-11-13-21)18(22)9-6-16-4-7-17(25-2)8-5-16;3-2(4,5)1(6)7/h4-5,7-8,19H,3,6,9-15H2,1-2H3;(H,6,7). The van der Waals surface area contributed by atoms with E-state index in [0.717, 1.165) is 11.3 Å². The van der Waals surface area contributed by atoms with E-state index in [1.165, 1.54) is 4.31 Å². The first-order valence-corrected chi connectivity index (χ1v) is 11.9. The van der Waals surface area contributed by atoms with Crippen LogP contribution in [-0.4, -0.2) is 92.9 Å². The quantitative estimate of drug-likeness (QED) is 0.529. The molecule has 1 saturated heterocycles. The minimum Gasteiger partial charge on any atom is -0.497 e. The summed E-state index contributed by atoms with van der Waals surface area (Å²) in [6, 6.07) is 7.63. The van der Waals surface area contributed by atoms with E-state index in [2.05, 4.69) is 5.32 Å². The molecule has 1 fully saturated rings. The van der Waals surface area contributed by atoms with Crippen LogP contribution in [0.3, 0.4) is 0 Å². The number of hydrogen-bond donors (Lipinski definition) is 2. The summed E-state index contributed by atoms with van der Waals surface area (Å²) in [5.74, 6) is -2.01. The average Bonchev–Trinajstić information content (AvgIpc) is 2.78. The van der Waals surface area contributed by atoms with Crippen molar-refractivity contribution in [2.24, 2.45) is 0 Å². The highest BCUT2D eigenvalue weighted by atomic mass is 32.2. The number of carboxylic acid groups (broad SMARTS) is 1. The molecule has 1 amide bonds. The number of carbonyl (C=O) groups excluding carboxylic acids is 1. The van der Waals surface area contributed by atoms with Crippen molar-refractivity contribution in [2.75, 3.05) is 52.1 Å². The zero-order valence-electron chi connectivity index (χ0n) is 18.6. The van der Waals surface area contributed by atoms with Crippen molar-refractivity contribution >= 4 is 21.9 Å². The van der Waals surface area contributed by atoms with Gasteiger partial charge in [0.1, 0.15) is 5.75 Å². The summed E-state index contributed by atoms with van der Waals surface area (Å²) in [4.78, 5) is 23.0. The Morgan fingerprint density at radius 2 is 1.73 bits per heavy atom. The topological polar surface area (TPSA) is 116 Å². The van der Waals surface area contributed by atoms with Gasteiger partial charge in [-0.15, -0.1) is 0 Å². The van der Waals surface area contributed by atoms with E-state index in [9.17, 15) is 26.4 Å². The van der Waals surface area contributed by atoms with Crippen molar-refractivity contribution in [1.82, 2.24) is 14.5 Å². The van der Waals surface area contributed by atoms with Crippen LogP contribution in [0.15, 0.2) is 24.3 Å². The largest absolute Gasteiger partial charge is 0.497 e. The number of carboxylic acids is 1. The lowest BCUT2D eigenvalue weighted by atomic mass is 10.1. The number of nitrogens with zero attached hydrogens (tertiary/aromatic N) is 2. The predicted octanol–water partition coefficient (Wildman–Crippen LogP) is 1.34. The Kier molecular flexibility index (Phi) is 11.6. The molecule has 33 heavy (non-hydrogen) atoms. The first kappa shape index (κ1) is 28.7. The van der Waals surface area contributed by atoms with Gasteiger partial charge in [0, 0.05) is 45.7 Å². The van der Waals surface area contributed by atoms with Gasteiger partial charge in [-0.1, -0.05) is 12.1 Å². The molecule has 2 rings (SSSR count). The second-order valence-corrected chi connectivity index (χ2v) is 9.18. The number of rotatable bonds is 9. The molecule has 0 aromatic heterocycles. The van der Waals surface area contributed by atoms with Crippen molar-refractivity contribution in [3.8, 4) is 5.75 Å². The molecule has 0 aliphatic carbocycles. The van der Waals surface area contributed by atoms with Crippen LogP contribution in [0.4, 0.5) is 13.2 Å². The van der Waals surface area contributed by atoms with E-state index in [1.807, 2.05) is 31.2 Å². The molecule has 0 radical (unpaired) electrons. The molecule has 0 atom stereocenters. The van der Waals surface area contributed by atoms with Crippen molar-refractivity contribution in [1.29, 1.82) is 0 Å². The van der Waals surface area contributed by atoms with Crippen LogP contribution in [0.2, 0.25) is 0 Å². The molecular formula is C20H30F3N3O6S. The fraction of sp³-hybridized carbons (Fsp3) is 0.600. The minimum absolute atomic E-state index is 0.0150. The van der Waals surface area contributed by atoms with Gasteiger partial charge >= 0.3 is 12.1 Å². The second-order valence-electron chi connectivity index (χ2n) is 7.09. The third-order valence-electron chi connectivity index (χ3n) is 4.85. The smallest absolute Gasteiger partial charge is 0.490 e. The number of ether oxygens (including phenoxy) is 1. The molecule has 1 heterocycles. The van der Waals surface area contributed by atoms with Gasteiger partial charge in [-0.2, -0.15) is 17.5 Å². The lowest BCUT2D eigenvalue weighted by molar-refractivity contribution is -0.192. The Bertz CT molecular complexity index is 857. The summed E-state index contributed by atoms with van der Waals surface area (Å²) in [7, 11) is -1.69. The van der Waals surface area contributed by atoms with Gasteiger partial charge < -0.3 is 20.1 Å². The number of carbonyl (C=O) groups is 2. The molecular weight excluding hydrogens is 467 g/mol. The van der Waals surface area contributed by atoms with Crippen LogP contribution in [-0.2, 0) is 26.0 Å². The molecule has 1 aromatic carbocycles. The average molecular weight is 498 g/mol. The van der Waals surface area contributed by atoms with Crippen molar-refractivity contribution in [3.63, 3.8) is 0 Å². The van der Waals surface area contributed by atoms with E-state index in [4.69, 9.17) is 14.6 Å². The molecule has 0 unspecified atom stereocenters. The molecule has 188 valence electrons. The zero-order valence-corrected chi connectivity index (χ0v) is 19.4. The van der Waals surface area contributed by atoms with E-state index in [-0.39, 0.29) is 18.2 Å². The van der Waals surface area contributed by atoms with E-state index in [0.29, 0.717) is 45.6 Å². The number of piperazine rings is 1. The fourth-order valence-corrected chi connectivity index (χ4v) is 4.39. The first-order valence-electron chi connectivity index (χ1n) is 10.3. The molecule has 1 aliphatic heterocycles. The summed E-state index contributed by atoms with van der Waals surface area (Å²) in [6.07, 6.45) is -4.09. The number of hydrogen-bond acceptors (Lipinski definition) is 6. The summed E-state index contributed by atoms with van der Waals surface area (Å²) in [5.41, 5.74) is 1.06. The number of sulfonamides is 1.